The van der Waals surface area contributed by atoms with E-state index in [1.165, 1.54) is 0 Å². The zero-order valence-electron chi connectivity index (χ0n) is 15.3. The van der Waals surface area contributed by atoms with Gasteiger partial charge in [-0.2, -0.15) is 39.5 Å². The second-order valence-electron chi connectivity index (χ2n) is 6.38. The Morgan fingerprint density at radius 1 is 0.938 bits per heavy atom. The number of anilines is 2. The van der Waals surface area contributed by atoms with Crippen LogP contribution in [0.3, 0.4) is 0 Å². The first-order valence-electron chi connectivity index (χ1n) is 8.04. The largest absolute Gasteiger partial charge is 0.545 e. The molecule has 2 rings (SSSR count). The van der Waals surface area contributed by atoms with Crippen molar-refractivity contribution in [3.63, 3.8) is 0 Å². The minimum atomic E-state index is -7.16. The fourth-order valence-corrected chi connectivity index (χ4v) is 2.41. The predicted octanol–water partition coefficient (Wildman–Crippen LogP) is 3.56. The number of aromatic nitrogens is 1. The van der Waals surface area contributed by atoms with Crippen molar-refractivity contribution in [1.82, 2.24) is 4.57 Å². The third kappa shape index (κ3) is 3.98. The summed E-state index contributed by atoms with van der Waals surface area (Å²) in [6.45, 7) is 0. The summed E-state index contributed by atoms with van der Waals surface area (Å²) in [6.07, 6.45) is -6.29. The zero-order valence-corrected chi connectivity index (χ0v) is 15.3. The average molecular weight is 479 g/mol. The summed E-state index contributed by atoms with van der Waals surface area (Å²) in [6, 6.07) is 0.357. The van der Waals surface area contributed by atoms with Crippen LogP contribution in [0.5, 0.6) is 0 Å². The summed E-state index contributed by atoms with van der Waals surface area (Å²) in [5.74, 6) is -24.1. The molecule has 0 spiro atoms. The van der Waals surface area contributed by atoms with E-state index in [2.05, 4.69) is 0 Å². The highest BCUT2D eigenvalue weighted by atomic mass is 19.4. The first-order chi connectivity index (χ1) is 14.3. The van der Waals surface area contributed by atoms with Crippen molar-refractivity contribution in [2.75, 3.05) is 5.32 Å². The molecule has 0 radical (unpaired) electrons. The van der Waals surface area contributed by atoms with Crippen LogP contribution in [0, 0.1) is 5.82 Å². The molecule has 0 fully saturated rings. The fourth-order valence-electron chi connectivity index (χ4n) is 2.41. The van der Waals surface area contributed by atoms with Gasteiger partial charge in [0, 0.05) is 30.4 Å². The summed E-state index contributed by atoms with van der Waals surface area (Å²) >= 11 is 0. The van der Waals surface area contributed by atoms with Crippen molar-refractivity contribution in [2.45, 2.75) is 23.9 Å². The van der Waals surface area contributed by atoms with Gasteiger partial charge < -0.3 is 19.8 Å². The number of carboxylic acids is 1. The van der Waals surface area contributed by atoms with Crippen LogP contribution in [0.1, 0.15) is 15.9 Å². The lowest BCUT2D eigenvalue weighted by molar-refractivity contribution is -0.399. The molecule has 0 aliphatic carbocycles. The minimum Gasteiger partial charge on any atom is -0.545 e. The summed E-state index contributed by atoms with van der Waals surface area (Å²) in [5.41, 5.74) is -5.27. The maximum atomic E-state index is 14.2. The Bertz CT molecular complexity index is 1110. The SMILES string of the molecule is Cn1cc(C(=O)[O-])c(Nc2ccc(C(F)(F)C(F)(F)C(F)(F)C(F)(F)F)cc2F)cc1=O. The van der Waals surface area contributed by atoms with Gasteiger partial charge in [-0.15, -0.1) is 0 Å². The van der Waals surface area contributed by atoms with Gasteiger partial charge in [0.2, 0.25) is 0 Å². The van der Waals surface area contributed by atoms with Crippen LogP contribution in [-0.4, -0.2) is 28.6 Å². The standard InChI is InChI=1S/C17H10F10N2O3/c1-29-6-8(13(31)32)11(5-12(29)30)28-10-3-2-7(4-9(10)18)14(19,20)15(21,22)16(23,24)17(25,26)27/h2-6,28H,1H3,(H,31,32)/p-1. The third-order valence-electron chi connectivity index (χ3n) is 4.19. The number of nitrogens with one attached hydrogen (secondary N) is 1. The third-order valence-corrected chi connectivity index (χ3v) is 4.19. The molecule has 0 aliphatic rings. The van der Waals surface area contributed by atoms with Crippen LogP contribution in [0.2, 0.25) is 0 Å². The Balaban J connectivity index is 2.51. The molecule has 0 aliphatic heterocycles. The zero-order chi connectivity index (χ0) is 24.9. The Labute approximate surface area is 170 Å². The maximum absolute atomic E-state index is 14.2. The number of rotatable bonds is 6. The fraction of sp³-hybridized carbons (Fsp3) is 0.294. The molecule has 176 valence electrons. The van der Waals surface area contributed by atoms with E-state index in [4.69, 9.17) is 0 Å². The van der Waals surface area contributed by atoms with Crippen molar-refractivity contribution < 1.29 is 53.8 Å². The Kier molecular flexibility index (Phi) is 6.02. The molecule has 1 N–H and O–H groups in total. The van der Waals surface area contributed by atoms with Crippen LogP contribution in [-0.2, 0) is 13.0 Å². The van der Waals surface area contributed by atoms with Gasteiger partial charge >= 0.3 is 23.9 Å². The molecule has 0 unspecified atom stereocenters. The van der Waals surface area contributed by atoms with Gasteiger partial charge in [0.15, 0.2) is 0 Å². The van der Waals surface area contributed by atoms with Gasteiger partial charge in [-0.05, 0) is 12.1 Å². The molecular weight excluding hydrogens is 470 g/mol. The molecule has 0 saturated carbocycles. The number of carbonyl (C=O) groups excluding carboxylic acids is 1. The van der Waals surface area contributed by atoms with Crippen molar-refractivity contribution >= 4 is 17.3 Å². The van der Waals surface area contributed by atoms with E-state index >= 15 is 0 Å². The molecule has 32 heavy (non-hydrogen) atoms. The summed E-state index contributed by atoms with van der Waals surface area (Å²) in [7, 11) is 1.15. The van der Waals surface area contributed by atoms with Crippen LogP contribution in [0.25, 0.3) is 0 Å². The highest BCUT2D eigenvalue weighted by Gasteiger charge is 2.82. The summed E-state index contributed by atoms with van der Waals surface area (Å²) in [5, 5.41) is 13.1. The lowest BCUT2D eigenvalue weighted by Crippen LogP contribution is -2.59. The lowest BCUT2D eigenvalue weighted by atomic mass is 9.96. The van der Waals surface area contributed by atoms with Gasteiger partial charge in [0.05, 0.1) is 17.3 Å². The van der Waals surface area contributed by atoms with E-state index < -0.39 is 69.9 Å². The number of aromatic carboxylic acids is 1. The van der Waals surface area contributed by atoms with Crippen molar-refractivity contribution in [3.05, 3.63) is 57.8 Å². The summed E-state index contributed by atoms with van der Waals surface area (Å²) < 4.78 is 132. The number of nitrogens with zero attached hydrogens (tertiary/aromatic N) is 1. The number of benzene rings is 1. The molecule has 0 bridgehead atoms. The number of alkyl halides is 9. The van der Waals surface area contributed by atoms with Crippen LogP contribution in [0.4, 0.5) is 55.3 Å². The van der Waals surface area contributed by atoms with Gasteiger partial charge in [0.1, 0.15) is 5.82 Å². The normalized spacial score (nSPS) is 13.2. The summed E-state index contributed by atoms with van der Waals surface area (Å²) in [4.78, 5) is 22.8. The number of carboxylic acid groups (broad SMARTS) is 1. The Hall–Kier alpha value is -3.26. The molecule has 1 heterocycles. The van der Waals surface area contributed by atoms with E-state index in [1.807, 2.05) is 5.32 Å². The number of hydrogen-bond donors (Lipinski definition) is 1. The second kappa shape index (κ2) is 7.70. The highest BCUT2D eigenvalue weighted by molar-refractivity contribution is 5.93. The molecule has 0 atom stereocenters. The van der Waals surface area contributed by atoms with Gasteiger partial charge in [-0.25, -0.2) is 4.39 Å². The molecule has 15 heteroatoms. The average Bonchev–Trinajstić information content (AvgIpc) is 2.64. The monoisotopic (exact) mass is 479 g/mol. The van der Waals surface area contributed by atoms with Gasteiger partial charge in [0.25, 0.3) is 5.56 Å². The van der Waals surface area contributed by atoms with Gasteiger partial charge in [-0.1, -0.05) is 6.07 Å². The first-order valence-corrected chi connectivity index (χ1v) is 8.04. The van der Waals surface area contributed by atoms with E-state index in [-0.39, 0.29) is 12.1 Å². The molecule has 5 nitrogen and oxygen atoms in total. The second-order valence-corrected chi connectivity index (χ2v) is 6.38. The van der Waals surface area contributed by atoms with E-state index in [0.717, 1.165) is 17.8 Å². The van der Waals surface area contributed by atoms with Crippen LogP contribution < -0.4 is 16.0 Å². The van der Waals surface area contributed by atoms with E-state index in [0.29, 0.717) is 6.07 Å². The van der Waals surface area contributed by atoms with Gasteiger partial charge in [-0.3, -0.25) is 4.79 Å². The Morgan fingerprint density at radius 2 is 1.50 bits per heavy atom. The number of halogens is 10. The molecule has 0 amide bonds. The van der Waals surface area contributed by atoms with Crippen molar-refractivity contribution in [2.24, 2.45) is 7.05 Å². The number of pyridine rings is 1. The molecule has 1 aromatic carbocycles. The smallest absolute Gasteiger partial charge is 0.460 e. The van der Waals surface area contributed by atoms with Crippen molar-refractivity contribution in [3.8, 4) is 0 Å². The lowest BCUT2D eigenvalue weighted by Gasteiger charge is -2.33. The maximum Gasteiger partial charge on any atom is 0.460 e. The number of aryl methyl sites for hydroxylation is 1. The quantitative estimate of drug-likeness (QED) is 0.644. The first kappa shape index (κ1) is 25.0. The molecule has 1 aromatic heterocycles. The minimum absolute atomic E-state index is 0.0779. The predicted molar refractivity (Wildman–Crippen MR) is 85.5 cm³/mol. The van der Waals surface area contributed by atoms with Crippen LogP contribution in [0.15, 0.2) is 35.3 Å². The molecule has 0 saturated heterocycles. The topological polar surface area (TPSA) is 74.2 Å². The van der Waals surface area contributed by atoms with E-state index in [9.17, 15) is 58.6 Å². The van der Waals surface area contributed by atoms with Crippen LogP contribution >= 0.6 is 0 Å². The Morgan fingerprint density at radius 3 is 1.97 bits per heavy atom. The number of hydrogen-bond acceptors (Lipinski definition) is 4. The molecule has 2 aromatic rings. The van der Waals surface area contributed by atoms with Crippen molar-refractivity contribution in [1.29, 1.82) is 0 Å². The highest BCUT2D eigenvalue weighted by Crippen LogP contribution is 2.56. The number of carbonyl (C=O) groups is 1. The molecular formula is C17H9F10N2O3-. The van der Waals surface area contributed by atoms with E-state index in [1.54, 1.807) is 0 Å².